The second-order valence-electron chi connectivity index (χ2n) is 5.68. The lowest BCUT2D eigenvalue weighted by Crippen LogP contribution is -2.30. The molecule has 1 amide bonds. The maximum Gasteiger partial charge on any atom is 0.350 e. The zero-order valence-corrected chi connectivity index (χ0v) is 15.2. The number of carbonyl (C=O) groups is 2. The number of carbonyl (C=O) groups excluding carboxylic acids is 2. The smallest absolute Gasteiger partial charge is 0.350 e. The van der Waals surface area contributed by atoms with Crippen LogP contribution in [0.5, 0.6) is 0 Å². The molecule has 0 saturated carbocycles. The zero-order chi connectivity index (χ0) is 18.5. The Labute approximate surface area is 154 Å². The van der Waals surface area contributed by atoms with Gasteiger partial charge in [-0.05, 0) is 26.0 Å². The van der Waals surface area contributed by atoms with Crippen molar-refractivity contribution in [2.45, 2.75) is 19.9 Å². The van der Waals surface area contributed by atoms with E-state index in [1.807, 2.05) is 30.3 Å². The fraction of sp³-hybridized carbons (Fsp3) is 0.211. The minimum absolute atomic E-state index is 0.300. The molecular formula is C19H18N2O4S. The Balaban J connectivity index is 1.58. The first-order chi connectivity index (χ1) is 12.5. The summed E-state index contributed by atoms with van der Waals surface area (Å²) in [6.07, 6.45) is 1.54. The van der Waals surface area contributed by atoms with Crippen molar-refractivity contribution in [2.75, 3.05) is 6.61 Å². The van der Waals surface area contributed by atoms with Crippen LogP contribution in [0.4, 0.5) is 0 Å². The predicted molar refractivity (Wildman–Crippen MR) is 97.8 cm³/mol. The Morgan fingerprint density at radius 1 is 1.23 bits per heavy atom. The van der Waals surface area contributed by atoms with Crippen molar-refractivity contribution in [1.82, 2.24) is 10.3 Å². The molecule has 134 valence electrons. The molecule has 6 nitrogen and oxygen atoms in total. The number of nitrogens with one attached hydrogen (secondary N) is 1. The summed E-state index contributed by atoms with van der Waals surface area (Å²) in [5, 5.41) is 3.45. The molecule has 2 aromatic heterocycles. The maximum absolute atomic E-state index is 12.3. The Morgan fingerprint density at radius 2 is 2.00 bits per heavy atom. The molecule has 0 radical (unpaired) electrons. The summed E-state index contributed by atoms with van der Waals surface area (Å²) in [6.45, 7) is 3.18. The fourth-order valence-corrected chi connectivity index (χ4v) is 3.34. The van der Waals surface area contributed by atoms with Crippen LogP contribution in [-0.2, 0) is 9.53 Å². The molecule has 3 aromatic rings. The van der Waals surface area contributed by atoms with Crippen molar-refractivity contribution >= 4 is 23.2 Å². The van der Waals surface area contributed by atoms with Crippen LogP contribution in [0.15, 0.2) is 53.1 Å². The standard InChI is InChI=1S/C19H18N2O4S/c1-12(15-9-6-10-24-15)20-16(22)11-25-19(23)17-13(2)21-18(26-17)14-7-4-3-5-8-14/h3-10,12H,11H2,1-2H3,(H,20,22)/t12-/m0/s1. The van der Waals surface area contributed by atoms with Gasteiger partial charge in [0.05, 0.1) is 18.0 Å². The molecule has 1 aromatic carbocycles. The van der Waals surface area contributed by atoms with Crippen molar-refractivity contribution in [3.8, 4) is 10.6 Å². The lowest BCUT2D eigenvalue weighted by Gasteiger charge is -2.11. The highest BCUT2D eigenvalue weighted by Gasteiger charge is 2.19. The average Bonchev–Trinajstić information content (AvgIpc) is 3.30. The van der Waals surface area contributed by atoms with Gasteiger partial charge in [0.25, 0.3) is 5.91 Å². The Kier molecular flexibility index (Phi) is 5.48. The molecule has 0 aliphatic carbocycles. The third-order valence-corrected chi connectivity index (χ3v) is 4.87. The van der Waals surface area contributed by atoms with Crippen LogP contribution in [-0.4, -0.2) is 23.5 Å². The molecule has 0 bridgehead atoms. The van der Waals surface area contributed by atoms with Gasteiger partial charge in [0.1, 0.15) is 15.6 Å². The molecule has 0 spiro atoms. The molecule has 2 heterocycles. The third-order valence-electron chi connectivity index (χ3n) is 3.68. The normalized spacial score (nSPS) is 11.8. The molecule has 26 heavy (non-hydrogen) atoms. The number of furan rings is 1. The minimum Gasteiger partial charge on any atom is -0.467 e. The van der Waals surface area contributed by atoms with E-state index in [0.29, 0.717) is 16.3 Å². The van der Waals surface area contributed by atoms with Gasteiger partial charge >= 0.3 is 5.97 Å². The first-order valence-corrected chi connectivity index (χ1v) is 8.89. The first-order valence-electron chi connectivity index (χ1n) is 8.07. The second kappa shape index (κ2) is 7.97. The van der Waals surface area contributed by atoms with Gasteiger partial charge in [0.15, 0.2) is 6.61 Å². The predicted octanol–water partition coefficient (Wildman–Crippen LogP) is 3.75. The van der Waals surface area contributed by atoms with Gasteiger partial charge in [0, 0.05) is 5.56 Å². The van der Waals surface area contributed by atoms with Gasteiger partial charge < -0.3 is 14.5 Å². The minimum atomic E-state index is -0.553. The highest BCUT2D eigenvalue weighted by molar-refractivity contribution is 7.17. The summed E-state index contributed by atoms with van der Waals surface area (Å²) < 4.78 is 10.3. The van der Waals surface area contributed by atoms with Gasteiger partial charge in [-0.2, -0.15) is 0 Å². The molecule has 0 unspecified atom stereocenters. The van der Waals surface area contributed by atoms with E-state index in [9.17, 15) is 9.59 Å². The van der Waals surface area contributed by atoms with Crippen LogP contribution < -0.4 is 5.32 Å². The lowest BCUT2D eigenvalue weighted by molar-refractivity contribution is -0.125. The van der Waals surface area contributed by atoms with Gasteiger partial charge in [-0.25, -0.2) is 9.78 Å². The SMILES string of the molecule is Cc1nc(-c2ccccc2)sc1C(=O)OCC(=O)N[C@@H](C)c1ccco1. The van der Waals surface area contributed by atoms with E-state index in [4.69, 9.17) is 9.15 Å². The number of aryl methyl sites for hydroxylation is 1. The van der Waals surface area contributed by atoms with Crippen molar-refractivity contribution < 1.29 is 18.7 Å². The Bertz CT molecular complexity index is 888. The molecule has 0 fully saturated rings. The third kappa shape index (κ3) is 4.18. The number of amides is 1. The quantitative estimate of drug-likeness (QED) is 0.669. The fourth-order valence-electron chi connectivity index (χ4n) is 2.38. The number of ether oxygens (including phenoxy) is 1. The summed E-state index contributed by atoms with van der Waals surface area (Å²) in [6, 6.07) is 12.8. The Hall–Kier alpha value is -2.93. The van der Waals surface area contributed by atoms with Crippen LogP contribution >= 0.6 is 11.3 Å². The summed E-state index contributed by atoms with van der Waals surface area (Å²) in [5.74, 6) is -0.314. The number of aromatic nitrogens is 1. The molecule has 0 aliphatic rings. The summed E-state index contributed by atoms with van der Waals surface area (Å²) in [7, 11) is 0. The van der Waals surface area contributed by atoms with E-state index >= 15 is 0 Å². The number of esters is 1. The van der Waals surface area contributed by atoms with Gasteiger partial charge in [-0.3, -0.25) is 4.79 Å². The monoisotopic (exact) mass is 370 g/mol. The molecular weight excluding hydrogens is 352 g/mol. The molecule has 1 atom stereocenters. The molecule has 3 rings (SSSR count). The second-order valence-corrected chi connectivity index (χ2v) is 6.68. The zero-order valence-electron chi connectivity index (χ0n) is 14.4. The average molecular weight is 370 g/mol. The highest BCUT2D eigenvalue weighted by Crippen LogP contribution is 2.28. The summed E-state index contributed by atoms with van der Waals surface area (Å²) in [5.41, 5.74) is 1.52. The number of benzene rings is 1. The Morgan fingerprint density at radius 3 is 2.69 bits per heavy atom. The van der Waals surface area contributed by atoms with Crippen LogP contribution in [0.1, 0.15) is 34.1 Å². The van der Waals surface area contributed by atoms with Gasteiger partial charge in [-0.15, -0.1) is 11.3 Å². The number of thiazole rings is 1. The van der Waals surface area contributed by atoms with Crippen molar-refractivity contribution in [3.05, 3.63) is 65.1 Å². The number of nitrogens with zero attached hydrogens (tertiary/aromatic N) is 1. The van der Waals surface area contributed by atoms with E-state index in [-0.39, 0.29) is 12.6 Å². The number of rotatable bonds is 6. The first kappa shape index (κ1) is 17.9. The topological polar surface area (TPSA) is 81.4 Å². The molecule has 1 N–H and O–H groups in total. The van der Waals surface area contributed by atoms with Crippen LogP contribution in [0.25, 0.3) is 10.6 Å². The lowest BCUT2D eigenvalue weighted by atomic mass is 10.2. The van der Waals surface area contributed by atoms with E-state index in [0.717, 1.165) is 10.6 Å². The van der Waals surface area contributed by atoms with E-state index in [1.54, 1.807) is 26.0 Å². The highest BCUT2D eigenvalue weighted by atomic mass is 32.1. The molecule has 0 aliphatic heterocycles. The van der Waals surface area contributed by atoms with E-state index < -0.39 is 11.9 Å². The van der Waals surface area contributed by atoms with Gasteiger partial charge in [0.2, 0.25) is 0 Å². The maximum atomic E-state index is 12.3. The summed E-state index contributed by atoms with van der Waals surface area (Å²) >= 11 is 1.25. The van der Waals surface area contributed by atoms with Crippen molar-refractivity contribution in [3.63, 3.8) is 0 Å². The number of hydrogen-bond donors (Lipinski definition) is 1. The molecule has 0 saturated heterocycles. The van der Waals surface area contributed by atoms with Crippen LogP contribution in [0.2, 0.25) is 0 Å². The molecule has 7 heteroatoms. The van der Waals surface area contributed by atoms with Crippen molar-refractivity contribution in [2.24, 2.45) is 0 Å². The largest absolute Gasteiger partial charge is 0.467 e. The number of hydrogen-bond acceptors (Lipinski definition) is 6. The van der Waals surface area contributed by atoms with E-state index in [2.05, 4.69) is 10.3 Å². The van der Waals surface area contributed by atoms with Crippen molar-refractivity contribution in [1.29, 1.82) is 0 Å². The van der Waals surface area contributed by atoms with Crippen LogP contribution in [0.3, 0.4) is 0 Å². The van der Waals surface area contributed by atoms with E-state index in [1.165, 1.54) is 17.6 Å². The summed E-state index contributed by atoms with van der Waals surface area (Å²) in [4.78, 5) is 29.0. The van der Waals surface area contributed by atoms with Crippen LogP contribution in [0, 0.1) is 6.92 Å². The van der Waals surface area contributed by atoms with Gasteiger partial charge in [-0.1, -0.05) is 30.3 Å².